The van der Waals surface area contributed by atoms with Crippen LogP contribution < -0.4 is 0 Å². The Hall–Kier alpha value is -1.39. The zero-order valence-corrected chi connectivity index (χ0v) is 17.5. The van der Waals surface area contributed by atoms with Crippen LogP contribution in [0.3, 0.4) is 0 Å². The van der Waals surface area contributed by atoms with Gasteiger partial charge < -0.3 is 10.0 Å². The monoisotopic (exact) mass is 379 g/mol. The molecule has 1 saturated carbocycles. The van der Waals surface area contributed by atoms with Crippen molar-refractivity contribution in [3.8, 4) is 0 Å². The lowest BCUT2D eigenvalue weighted by Crippen LogP contribution is -2.56. The molecule has 1 heterocycles. The Morgan fingerprint density at radius 3 is 2.26 bits per heavy atom. The van der Waals surface area contributed by atoms with E-state index in [0.717, 1.165) is 19.3 Å². The van der Waals surface area contributed by atoms with Gasteiger partial charge >= 0.3 is 5.97 Å². The summed E-state index contributed by atoms with van der Waals surface area (Å²) in [4.78, 5) is 39.0. The third-order valence-electron chi connectivity index (χ3n) is 7.09. The number of rotatable bonds is 7. The SMILES string of the molecule is CCC(C)(C)C(=O)C(=O)N1CCCC(C[C@H](C)C2CCCCC2)C1C(=O)O. The molecule has 2 aliphatic rings. The molecule has 154 valence electrons. The van der Waals surface area contributed by atoms with E-state index in [1.807, 2.05) is 6.92 Å². The number of hydrogen-bond donors (Lipinski definition) is 1. The first-order chi connectivity index (χ1) is 12.7. The molecular formula is C22H37NO4. The molecule has 0 aromatic carbocycles. The number of amides is 1. The van der Waals surface area contributed by atoms with Crippen molar-refractivity contribution < 1.29 is 19.5 Å². The molecule has 1 saturated heterocycles. The number of carboxylic acids is 1. The molecule has 0 radical (unpaired) electrons. The van der Waals surface area contributed by atoms with Crippen LogP contribution in [0.5, 0.6) is 0 Å². The van der Waals surface area contributed by atoms with Crippen molar-refractivity contribution in [3.63, 3.8) is 0 Å². The van der Waals surface area contributed by atoms with Crippen LogP contribution in [0.1, 0.15) is 85.5 Å². The quantitative estimate of drug-likeness (QED) is 0.670. The molecule has 27 heavy (non-hydrogen) atoms. The molecule has 0 bridgehead atoms. The zero-order valence-electron chi connectivity index (χ0n) is 17.5. The van der Waals surface area contributed by atoms with Crippen LogP contribution >= 0.6 is 0 Å². The van der Waals surface area contributed by atoms with Crippen molar-refractivity contribution in [2.24, 2.45) is 23.2 Å². The average Bonchev–Trinajstić information content (AvgIpc) is 2.67. The van der Waals surface area contributed by atoms with Gasteiger partial charge in [-0.25, -0.2) is 4.79 Å². The fourth-order valence-corrected chi connectivity index (χ4v) is 4.84. The first-order valence-electron chi connectivity index (χ1n) is 10.8. The average molecular weight is 380 g/mol. The number of likely N-dealkylation sites (tertiary alicyclic amines) is 1. The molecule has 2 fully saturated rings. The molecule has 1 amide bonds. The lowest BCUT2D eigenvalue weighted by Gasteiger charge is -2.41. The van der Waals surface area contributed by atoms with Crippen LogP contribution in [-0.2, 0) is 14.4 Å². The Bertz CT molecular complexity index is 551. The maximum atomic E-state index is 12.9. The van der Waals surface area contributed by atoms with E-state index in [1.165, 1.54) is 37.0 Å². The number of aliphatic carboxylic acids is 1. The summed E-state index contributed by atoms with van der Waals surface area (Å²) in [6, 6.07) is -0.867. The van der Waals surface area contributed by atoms with Crippen LogP contribution in [-0.4, -0.2) is 40.3 Å². The molecule has 5 nitrogen and oxygen atoms in total. The summed E-state index contributed by atoms with van der Waals surface area (Å²) < 4.78 is 0. The number of carboxylic acid groups (broad SMARTS) is 1. The predicted molar refractivity (Wildman–Crippen MR) is 105 cm³/mol. The second-order valence-corrected chi connectivity index (χ2v) is 9.36. The molecule has 1 aliphatic carbocycles. The van der Waals surface area contributed by atoms with Crippen LogP contribution in [0.2, 0.25) is 0 Å². The third-order valence-corrected chi connectivity index (χ3v) is 7.09. The third kappa shape index (κ3) is 5.11. The van der Waals surface area contributed by atoms with Gasteiger partial charge in [0.05, 0.1) is 0 Å². The highest BCUT2D eigenvalue weighted by atomic mass is 16.4. The highest BCUT2D eigenvalue weighted by Crippen LogP contribution is 2.37. The van der Waals surface area contributed by atoms with Gasteiger partial charge in [0.25, 0.3) is 5.91 Å². The number of ketones is 1. The van der Waals surface area contributed by atoms with Crippen molar-refractivity contribution in [2.75, 3.05) is 6.54 Å². The van der Waals surface area contributed by atoms with Crippen LogP contribution in [0, 0.1) is 23.2 Å². The lowest BCUT2D eigenvalue weighted by atomic mass is 9.74. The predicted octanol–water partition coefficient (Wildman–Crippen LogP) is 4.29. The Balaban J connectivity index is 2.13. The Labute approximate surface area is 163 Å². The molecule has 1 N–H and O–H groups in total. The van der Waals surface area contributed by atoms with Gasteiger partial charge in [0, 0.05) is 12.0 Å². The number of carbonyl (C=O) groups is 3. The Morgan fingerprint density at radius 1 is 1.07 bits per heavy atom. The van der Waals surface area contributed by atoms with Crippen molar-refractivity contribution in [3.05, 3.63) is 0 Å². The van der Waals surface area contributed by atoms with Crippen molar-refractivity contribution >= 4 is 17.7 Å². The van der Waals surface area contributed by atoms with Gasteiger partial charge in [-0.3, -0.25) is 9.59 Å². The molecule has 0 spiro atoms. The van der Waals surface area contributed by atoms with E-state index < -0.39 is 29.1 Å². The van der Waals surface area contributed by atoms with Crippen LogP contribution in [0.25, 0.3) is 0 Å². The normalized spacial score (nSPS) is 25.9. The fraction of sp³-hybridized carbons (Fsp3) is 0.864. The highest BCUT2D eigenvalue weighted by molar-refractivity contribution is 6.38. The van der Waals surface area contributed by atoms with E-state index in [0.29, 0.717) is 24.8 Å². The topological polar surface area (TPSA) is 74.7 Å². The maximum Gasteiger partial charge on any atom is 0.326 e. The molecule has 5 heteroatoms. The zero-order chi connectivity index (χ0) is 20.2. The minimum absolute atomic E-state index is 0.0605. The van der Waals surface area contributed by atoms with Gasteiger partial charge in [0.15, 0.2) is 0 Å². The first kappa shape index (κ1) is 21.9. The van der Waals surface area contributed by atoms with Crippen molar-refractivity contribution in [1.29, 1.82) is 0 Å². The molecule has 0 aromatic heterocycles. The highest BCUT2D eigenvalue weighted by Gasteiger charge is 2.44. The standard InChI is InChI=1S/C22H37NO4/c1-5-22(3,4)19(24)20(25)23-13-9-12-17(18(23)21(26)27)14-15(2)16-10-7-6-8-11-16/h15-18H,5-14H2,1-4H3,(H,26,27)/t15-,17?,18?/m0/s1. The van der Waals surface area contributed by atoms with E-state index in [2.05, 4.69) is 6.92 Å². The second kappa shape index (κ2) is 9.20. The minimum Gasteiger partial charge on any atom is -0.480 e. The Kier molecular flexibility index (Phi) is 7.47. The minimum atomic E-state index is -0.967. The number of nitrogens with zero attached hydrogens (tertiary/aromatic N) is 1. The number of Topliss-reactive ketones (excluding diaryl/α,β-unsaturated/α-hetero) is 1. The first-order valence-corrected chi connectivity index (χ1v) is 10.8. The summed E-state index contributed by atoms with van der Waals surface area (Å²) in [5, 5.41) is 9.89. The van der Waals surface area contributed by atoms with Gasteiger partial charge in [0.1, 0.15) is 6.04 Å². The summed E-state index contributed by atoms with van der Waals surface area (Å²) in [7, 11) is 0. The summed E-state index contributed by atoms with van der Waals surface area (Å²) in [6.07, 6.45) is 9.31. The van der Waals surface area contributed by atoms with E-state index in [9.17, 15) is 19.5 Å². The van der Waals surface area contributed by atoms with Crippen LogP contribution in [0.4, 0.5) is 0 Å². The number of piperidine rings is 1. The fourth-order valence-electron chi connectivity index (χ4n) is 4.84. The van der Waals surface area contributed by atoms with E-state index in [-0.39, 0.29) is 5.92 Å². The molecule has 1 aliphatic heterocycles. The van der Waals surface area contributed by atoms with E-state index in [1.54, 1.807) is 13.8 Å². The second-order valence-electron chi connectivity index (χ2n) is 9.36. The van der Waals surface area contributed by atoms with Crippen molar-refractivity contribution in [2.45, 2.75) is 91.5 Å². The largest absolute Gasteiger partial charge is 0.480 e. The maximum absolute atomic E-state index is 12.9. The smallest absolute Gasteiger partial charge is 0.326 e. The summed E-state index contributed by atoms with van der Waals surface area (Å²) in [5.74, 6) is -0.961. The van der Waals surface area contributed by atoms with Crippen molar-refractivity contribution in [1.82, 2.24) is 4.90 Å². The van der Waals surface area contributed by atoms with Gasteiger partial charge in [0.2, 0.25) is 5.78 Å². The van der Waals surface area contributed by atoms with Crippen LogP contribution in [0.15, 0.2) is 0 Å². The van der Waals surface area contributed by atoms with Gasteiger partial charge in [-0.15, -0.1) is 0 Å². The summed E-state index contributed by atoms with van der Waals surface area (Å²) in [5.41, 5.74) is -0.748. The lowest BCUT2D eigenvalue weighted by molar-refractivity contribution is -0.160. The number of carbonyl (C=O) groups excluding carboxylic acids is 2. The molecule has 2 rings (SSSR count). The van der Waals surface area contributed by atoms with Gasteiger partial charge in [-0.2, -0.15) is 0 Å². The summed E-state index contributed by atoms with van der Waals surface area (Å²) >= 11 is 0. The van der Waals surface area contributed by atoms with Gasteiger partial charge in [-0.1, -0.05) is 59.8 Å². The van der Waals surface area contributed by atoms with Gasteiger partial charge in [-0.05, 0) is 43.4 Å². The van der Waals surface area contributed by atoms with E-state index in [4.69, 9.17) is 0 Å². The summed E-state index contributed by atoms with van der Waals surface area (Å²) in [6.45, 7) is 8.01. The molecular weight excluding hydrogens is 342 g/mol. The molecule has 0 aromatic rings. The molecule has 3 atom stereocenters. The van der Waals surface area contributed by atoms with E-state index >= 15 is 0 Å². The number of hydrogen-bond acceptors (Lipinski definition) is 3. The Morgan fingerprint density at radius 2 is 1.70 bits per heavy atom. The molecule has 2 unspecified atom stereocenters.